The van der Waals surface area contributed by atoms with Gasteiger partial charge in [0.05, 0.1) is 12.7 Å². The number of unbranched alkanes of at least 4 members (excludes halogenated alkanes) is 6. The Labute approximate surface area is 327 Å². The second-order valence-electron chi connectivity index (χ2n) is 13.9. The van der Waals surface area contributed by atoms with E-state index in [1.807, 2.05) is 43.3 Å². The summed E-state index contributed by atoms with van der Waals surface area (Å²) in [6.07, 6.45) is 3.90. The van der Waals surface area contributed by atoms with Gasteiger partial charge in [0.15, 0.2) is 11.6 Å². The third-order valence-corrected chi connectivity index (χ3v) is 8.75. The van der Waals surface area contributed by atoms with Crippen molar-refractivity contribution in [3.63, 3.8) is 0 Å². The summed E-state index contributed by atoms with van der Waals surface area (Å²) in [6, 6.07) is 15.0. The van der Waals surface area contributed by atoms with Gasteiger partial charge in [-0.3, -0.25) is 0 Å². The molecule has 0 bridgehead atoms. The van der Waals surface area contributed by atoms with Gasteiger partial charge < -0.3 is 19.3 Å². The summed E-state index contributed by atoms with van der Waals surface area (Å²) < 4.78 is 91.6. The van der Waals surface area contributed by atoms with E-state index in [2.05, 4.69) is 33.8 Å². The average Bonchev–Trinajstić information content (AvgIpc) is 3.16. The van der Waals surface area contributed by atoms with Crippen LogP contribution in [0.15, 0.2) is 60.9 Å². The van der Waals surface area contributed by atoms with Crippen LogP contribution in [0.25, 0.3) is 0 Å². The fourth-order valence-electron chi connectivity index (χ4n) is 5.75. The lowest BCUT2D eigenvalue weighted by atomic mass is 10.1. The summed E-state index contributed by atoms with van der Waals surface area (Å²) in [7, 11) is 3.16. The third kappa shape index (κ3) is 14.5. The highest BCUT2D eigenvalue weighted by Gasteiger charge is 2.38. The van der Waals surface area contributed by atoms with Crippen LogP contribution in [0.1, 0.15) is 115 Å². The molecule has 0 N–H and O–H groups in total. The van der Waals surface area contributed by atoms with Crippen LogP contribution in [0, 0.1) is 0 Å². The molecule has 0 atom stereocenters. The number of benzene rings is 2. The molecule has 0 radical (unpaired) electrons. The second kappa shape index (κ2) is 22.2. The molecule has 0 fully saturated rings. The summed E-state index contributed by atoms with van der Waals surface area (Å²) in [4.78, 5) is 18.4. The standard InChI is InChI=1S/2C21H28F3N3O/c1-5-6-7-8-10-16-11-9-12-17(13-16)27(4)19-18(21(22,23)24)14-25-20(26-19)28-15(2)3;1-4-6-7-8-10-16-11-9-12-17(14-16)27(3)19-18(21(22,23)24)15-25-20(26-19)28-13-5-2/h9,11-15H,5-8,10H2,1-4H3;9,11-12,14-15H,4-8,10,13H2,1-3H3. The fourth-order valence-corrected chi connectivity index (χ4v) is 5.75. The average molecular weight is 791 g/mol. The molecule has 308 valence electrons. The van der Waals surface area contributed by atoms with Gasteiger partial charge in [0, 0.05) is 37.9 Å². The van der Waals surface area contributed by atoms with E-state index < -0.39 is 23.5 Å². The first kappa shape index (κ1) is 45.8. The Morgan fingerprint density at radius 3 is 1.46 bits per heavy atom. The molecule has 2 heterocycles. The topological polar surface area (TPSA) is 76.5 Å². The summed E-state index contributed by atoms with van der Waals surface area (Å²) in [5.74, 6) is -0.432. The molecule has 0 aliphatic heterocycles. The predicted molar refractivity (Wildman–Crippen MR) is 210 cm³/mol. The number of aryl methyl sites for hydroxylation is 2. The van der Waals surface area contributed by atoms with Gasteiger partial charge >= 0.3 is 24.4 Å². The van der Waals surface area contributed by atoms with Crippen LogP contribution in [0.3, 0.4) is 0 Å². The van der Waals surface area contributed by atoms with E-state index in [-0.39, 0.29) is 29.8 Å². The Balaban J connectivity index is 0.000000300. The lowest BCUT2D eigenvalue weighted by Gasteiger charge is -2.23. The van der Waals surface area contributed by atoms with E-state index in [1.165, 1.54) is 29.1 Å². The van der Waals surface area contributed by atoms with Crippen molar-refractivity contribution in [2.75, 3.05) is 30.5 Å². The molecule has 4 rings (SSSR count). The minimum Gasteiger partial charge on any atom is -0.463 e. The fraction of sp³-hybridized carbons (Fsp3) is 0.524. The zero-order chi connectivity index (χ0) is 41.3. The van der Waals surface area contributed by atoms with Gasteiger partial charge in [-0.2, -0.15) is 36.3 Å². The lowest BCUT2D eigenvalue weighted by molar-refractivity contribution is -0.138. The lowest BCUT2D eigenvalue weighted by Crippen LogP contribution is -2.20. The highest BCUT2D eigenvalue weighted by molar-refractivity contribution is 5.64. The van der Waals surface area contributed by atoms with Crippen LogP contribution in [-0.2, 0) is 25.2 Å². The Morgan fingerprint density at radius 2 is 1.05 bits per heavy atom. The molecule has 0 spiro atoms. The number of nitrogens with zero attached hydrogens (tertiary/aromatic N) is 6. The van der Waals surface area contributed by atoms with E-state index in [4.69, 9.17) is 9.47 Å². The van der Waals surface area contributed by atoms with Crippen LogP contribution in [0.4, 0.5) is 49.4 Å². The molecule has 0 unspecified atom stereocenters. The van der Waals surface area contributed by atoms with Gasteiger partial charge in [0.25, 0.3) is 0 Å². The number of rotatable bonds is 19. The number of halogens is 6. The van der Waals surface area contributed by atoms with E-state index in [9.17, 15) is 26.3 Å². The molecule has 0 aliphatic carbocycles. The van der Waals surface area contributed by atoms with Crippen molar-refractivity contribution in [1.82, 2.24) is 19.9 Å². The Kier molecular flexibility index (Phi) is 18.1. The first-order valence-electron chi connectivity index (χ1n) is 19.4. The molecule has 4 aromatic rings. The van der Waals surface area contributed by atoms with Gasteiger partial charge in [-0.15, -0.1) is 0 Å². The Bertz CT molecular complexity index is 1770. The molecule has 8 nitrogen and oxygen atoms in total. The van der Waals surface area contributed by atoms with E-state index >= 15 is 0 Å². The van der Waals surface area contributed by atoms with Crippen LogP contribution in [0.5, 0.6) is 12.0 Å². The zero-order valence-corrected chi connectivity index (χ0v) is 33.6. The maximum atomic E-state index is 13.5. The molecule has 0 amide bonds. The van der Waals surface area contributed by atoms with Crippen molar-refractivity contribution < 1.29 is 35.8 Å². The van der Waals surface area contributed by atoms with Gasteiger partial charge in [-0.25, -0.2) is 9.97 Å². The van der Waals surface area contributed by atoms with Gasteiger partial charge in [-0.1, -0.05) is 83.6 Å². The molecular weight excluding hydrogens is 734 g/mol. The normalized spacial score (nSPS) is 11.6. The predicted octanol–water partition coefficient (Wildman–Crippen LogP) is 12.3. The van der Waals surface area contributed by atoms with Crippen molar-refractivity contribution >= 4 is 23.0 Å². The summed E-state index contributed by atoms with van der Waals surface area (Å²) in [6.45, 7) is 10.1. The highest BCUT2D eigenvalue weighted by Crippen LogP contribution is 2.39. The van der Waals surface area contributed by atoms with Crippen molar-refractivity contribution in [1.29, 1.82) is 0 Å². The Hall–Kier alpha value is -4.62. The molecule has 2 aromatic carbocycles. The van der Waals surface area contributed by atoms with E-state index in [0.717, 1.165) is 74.9 Å². The monoisotopic (exact) mass is 790 g/mol. The number of aromatic nitrogens is 4. The van der Waals surface area contributed by atoms with Crippen LogP contribution in [-0.4, -0.2) is 46.7 Å². The quantitative estimate of drug-likeness (QED) is 0.0686. The van der Waals surface area contributed by atoms with Crippen molar-refractivity contribution in [2.45, 2.75) is 124 Å². The summed E-state index contributed by atoms with van der Waals surface area (Å²) in [5, 5.41) is 0. The molecule has 14 heteroatoms. The minimum absolute atomic E-state index is 0.0487. The van der Waals surface area contributed by atoms with E-state index in [1.54, 1.807) is 40.1 Å². The molecule has 2 aromatic heterocycles. The van der Waals surface area contributed by atoms with E-state index in [0.29, 0.717) is 18.0 Å². The number of anilines is 4. The molecule has 0 saturated heterocycles. The molecule has 0 aliphatic rings. The van der Waals surface area contributed by atoms with Gasteiger partial charge in [0.2, 0.25) is 0 Å². The minimum atomic E-state index is -4.56. The largest absolute Gasteiger partial charge is 0.463 e. The first-order chi connectivity index (χ1) is 26.6. The number of hydrogen-bond acceptors (Lipinski definition) is 8. The number of ether oxygens (including phenoxy) is 2. The first-order valence-corrected chi connectivity index (χ1v) is 19.4. The third-order valence-electron chi connectivity index (χ3n) is 8.75. The molecule has 0 saturated carbocycles. The highest BCUT2D eigenvalue weighted by atomic mass is 19.4. The summed E-state index contributed by atoms with van der Waals surface area (Å²) in [5.41, 5.74) is 1.73. The van der Waals surface area contributed by atoms with Crippen molar-refractivity contribution in [2.24, 2.45) is 0 Å². The second-order valence-corrected chi connectivity index (χ2v) is 13.9. The molecule has 56 heavy (non-hydrogen) atoms. The summed E-state index contributed by atoms with van der Waals surface area (Å²) >= 11 is 0. The number of alkyl halides is 6. The molecular formula is C42H56F6N6O2. The van der Waals surface area contributed by atoms with Crippen molar-refractivity contribution in [3.05, 3.63) is 83.2 Å². The maximum Gasteiger partial charge on any atom is 0.421 e. The van der Waals surface area contributed by atoms with Crippen LogP contribution in [0.2, 0.25) is 0 Å². The van der Waals surface area contributed by atoms with Crippen molar-refractivity contribution in [3.8, 4) is 12.0 Å². The van der Waals surface area contributed by atoms with Gasteiger partial charge in [-0.05, 0) is 81.3 Å². The SMILES string of the molecule is CCCCCCc1cccc(N(C)c2nc(OC(C)C)ncc2C(F)(F)F)c1.CCCCCCc1cccc(N(C)c2nc(OCCC)ncc2C(F)(F)F)c1. The number of hydrogen-bond donors (Lipinski definition) is 0. The van der Waals surface area contributed by atoms with Crippen LogP contribution >= 0.6 is 0 Å². The smallest absolute Gasteiger partial charge is 0.421 e. The van der Waals surface area contributed by atoms with Crippen LogP contribution < -0.4 is 19.3 Å². The maximum absolute atomic E-state index is 13.5. The Morgan fingerprint density at radius 1 is 0.607 bits per heavy atom. The zero-order valence-electron chi connectivity index (χ0n) is 33.6. The van der Waals surface area contributed by atoms with Gasteiger partial charge in [0.1, 0.15) is 11.1 Å².